The van der Waals surface area contributed by atoms with Crippen molar-refractivity contribution in [2.75, 3.05) is 12.8 Å². The summed E-state index contributed by atoms with van der Waals surface area (Å²) in [5.41, 5.74) is 8.06. The maximum Gasteiger partial charge on any atom is 0.201 e. The maximum absolute atomic E-state index is 6.10. The summed E-state index contributed by atoms with van der Waals surface area (Å²) >= 11 is 0. The molecule has 1 aromatic carbocycles. The molecule has 1 aliphatic carbocycles. The van der Waals surface area contributed by atoms with E-state index >= 15 is 0 Å². The number of aromatic nitrogens is 2. The van der Waals surface area contributed by atoms with Crippen LogP contribution in [-0.4, -0.2) is 16.7 Å². The number of anilines is 1. The van der Waals surface area contributed by atoms with E-state index in [-0.39, 0.29) is 0 Å². The van der Waals surface area contributed by atoms with Gasteiger partial charge in [0.25, 0.3) is 0 Å². The third-order valence-electron chi connectivity index (χ3n) is 3.96. The van der Waals surface area contributed by atoms with Gasteiger partial charge >= 0.3 is 0 Å². The largest absolute Gasteiger partial charge is 0.494 e. The number of para-hydroxylation sites is 1. The van der Waals surface area contributed by atoms with E-state index in [2.05, 4.69) is 22.5 Å². The molecule has 18 heavy (non-hydrogen) atoms. The van der Waals surface area contributed by atoms with Gasteiger partial charge in [0.1, 0.15) is 11.3 Å². The minimum atomic E-state index is 0.483. The predicted octanol–water partition coefficient (Wildman–Crippen LogP) is 2.99. The third kappa shape index (κ3) is 1.64. The number of nitrogens with two attached hydrogens (primary N) is 1. The van der Waals surface area contributed by atoms with Gasteiger partial charge in [0, 0.05) is 6.04 Å². The molecule has 96 valence electrons. The van der Waals surface area contributed by atoms with Crippen molar-refractivity contribution in [1.29, 1.82) is 0 Å². The fourth-order valence-corrected chi connectivity index (χ4v) is 3.07. The molecule has 4 nitrogen and oxygen atoms in total. The number of rotatable bonds is 2. The summed E-state index contributed by atoms with van der Waals surface area (Å²) in [4.78, 5) is 4.47. The fourth-order valence-electron chi connectivity index (χ4n) is 3.07. The van der Waals surface area contributed by atoms with E-state index in [4.69, 9.17) is 10.5 Å². The number of ether oxygens (including phenoxy) is 1. The van der Waals surface area contributed by atoms with E-state index in [0.29, 0.717) is 12.0 Å². The molecule has 2 N–H and O–H groups in total. The van der Waals surface area contributed by atoms with Crippen molar-refractivity contribution < 1.29 is 4.74 Å². The first kappa shape index (κ1) is 11.4. The van der Waals surface area contributed by atoms with Crippen LogP contribution in [-0.2, 0) is 0 Å². The second kappa shape index (κ2) is 4.19. The van der Waals surface area contributed by atoms with Crippen LogP contribution >= 0.6 is 0 Å². The standard InChI is InChI=1S/C14H19N3O/c1-9-6-7-10(8-9)17-11-4-3-5-12(18-2)13(11)16-14(17)15/h3-5,9-10H,6-8H2,1-2H3,(H2,15,16). The summed E-state index contributed by atoms with van der Waals surface area (Å²) in [5.74, 6) is 2.18. The van der Waals surface area contributed by atoms with Gasteiger partial charge in [0.15, 0.2) is 0 Å². The smallest absolute Gasteiger partial charge is 0.201 e. The van der Waals surface area contributed by atoms with E-state index in [1.807, 2.05) is 12.1 Å². The van der Waals surface area contributed by atoms with Crippen molar-refractivity contribution in [3.63, 3.8) is 0 Å². The molecular weight excluding hydrogens is 226 g/mol. The van der Waals surface area contributed by atoms with Gasteiger partial charge in [-0.05, 0) is 37.3 Å². The molecule has 0 saturated heterocycles. The van der Waals surface area contributed by atoms with Crippen molar-refractivity contribution in [3.05, 3.63) is 18.2 Å². The van der Waals surface area contributed by atoms with Crippen LogP contribution in [0.1, 0.15) is 32.2 Å². The van der Waals surface area contributed by atoms with Crippen LogP contribution in [0.2, 0.25) is 0 Å². The number of nitrogens with zero attached hydrogens (tertiary/aromatic N) is 2. The fraction of sp³-hybridized carbons (Fsp3) is 0.500. The number of imidazole rings is 1. The van der Waals surface area contributed by atoms with Crippen molar-refractivity contribution >= 4 is 17.0 Å². The lowest BCUT2D eigenvalue weighted by Gasteiger charge is -2.14. The number of methoxy groups -OCH3 is 1. The maximum atomic E-state index is 6.10. The number of benzene rings is 1. The average Bonchev–Trinajstić information content (AvgIpc) is 2.91. The quantitative estimate of drug-likeness (QED) is 0.885. The van der Waals surface area contributed by atoms with Crippen molar-refractivity contribution in [3.8, 4) is 5.75 Å². The molecule has 0 spiro atoms. The van der Waals surface area contributed by atoms with E-state index in [9.17, 15) is 0 Å². The summed E-state index contributed by atoms with van der Waals surface area (Å²) in [5, 5.41) is 0. The van der Waals surface area contributed by atoms with Crippen LogP contribution in [0.5, 0.6) is 5.75 Å². The molecule has 1 aliphatic rings. The Hall–Kier alpha value is -1.71. The van der Waals surface area contributed by atoms with Gasteiger partial charge in [0.2, 0.25) is 5.95 Å². The molecule has 1 saturated carbocycles. The highest BCUT2D eigenvalue weighted by molar-refractivity contribution is 5.84. The van der Waals surface area contributed by atoms with Crippen LogP contribution in [0, 0.1) is 5.92 Å². The van der Waals surface area contributed by atoms with Gasteiger partial charge in [0.05, 0.1) is 12.6 Å². The highest BCUT2D eigenvalue weighted by Gasteiger charge is 2.26. The molecule has 0 radical (unpaired) electrons. The van der Waals surface area contributed by atoms with E-state index in [1.165, 1.54) is 19.3 Å². The summed E-state index contributed by atoms with van der Waals surface area (Å²) in [6, 6.07) is 6.48. The number of fused-ring (bicyclic) bond motifs is 1. The Labute approximate surface area is 107 Å². The molecule has 2 unspecified atom stereocenters. The van der Waals surface area contributed by atoms with E-state index < -0.39 is 0 Å². The first-order chi connectivity index (χ1) is 8.70. The molecular formula is C14H19N3O. The van der Waals surface area contributed by atoms with Gasteiger partial charge in [-0.15, -0.1) is 0 Å². The van der Waals surface area contributed by atoms with E-state index in [0.717, 1.165) is 22.7 Å². The number of hydrogen-bond acceptors (Lipinski definition) is 3. The normalized spacial score (nSPS) is 23.7. The highest BCUT2D eigenvalue weighted by Crippen LogP contribution is 2.39. The number of nitrogen functional groups attached to an aromatic ring is 1. The Kier molecular flexibility index (Phi) is 2.65. The molecule has 2 atom stereocenters. The zero-order chi connectivity index (χ0) is 12.7. The molecule has 0 bridgehead atoms. The molecule has 1 fully saturated rings. The summed E-state index contributed by atoms with van der Waals surface area (Å²) in [7, 11) is 1.67. The molecule has 1 heterocycles. The average molecular weight is 245 g/mol. The van der Waals surface area contributed by atoms with Crippen LogP contribution in [0.25, 0.3) is 11.0 Å². The van der Waals surface area contributed by atoms with Crippen LogP contribution in [0.15, 0.2) is 18.2 Å². The first-order valence-electron chi connectivity index (χ1n) is 6.51. The molecule has 3 rings (SSSR count). The molecule has 0 amide bonds. The van der Waals surface area contributed by atoms with Gasteiger partial charge in [-0.25, -0.2) is 4.98 Å². The van der Waals surface area contributed by atoms with Crippen molar-refractivity contribution in [2.45, 2.75) is 32.2 Å². The van der Waals surface area contributed by atoms with Crippen LogP contribution in [0.3, 0.4) is 0 Å². The zero-order valence-electron chi connectivity index (χ0n) is 10.9. The second-order valence-electron chi connectivity index (χ2n) is 5.24. The first-order valence-corrected chi connectivity index (χ1v) is 6.51. The zero-order valence-corrected chi connectivity index (χ0v) is 10.9. The summed E-state index contributed by atoms with van der Waals surface area (Å²) in [6.45, 7) is 2.30. The van der Waals surface area contributed by atoms with Gasteiger partial charge < -0.3 is 15.0 Å². The monoisotopic (exact) mass is 245 g/mol. The molecule has 1 aromatic heterocycles. The topological polar surface area (TPSA) is 53.1 Å². The SMILES string of the molecule is COc1cccc2c1nc(N)n2C1CCC(C)C1. The Balaban J connectivity index is 2.14. The van der Waals surface area contributed by atoms with E-state index in [1.54, 1.807) is 7.11 Å². The summed E-state index contributed by atoms with van der Waals surface area (Å²) in [6.07, 6.45) is 3.65. The molecule has 2 aromatic rings. The van der Waals surface area contributed by atoms with Gasteiger partial charge in [-0.3, -0.25) is 0 Å². The van der Waals surface area contributed by atoms with Crippen molar-refractivity contribution in [2.24, 2.45) is 5.92 Å². The Morgan fingerprint density at radius 3 is 2.89 bits per heavy atom. The van der Waals surface area contributed by atoms with Crippen LogP contribution in [0.4, 0.5) is 5.95 Å². The van der Waals surface area contributed by atoms with Crippen LogP contribution < -0.4 is 10.5 Å². The Bertz CT molecular complexity index is 576. The lowest BCUT2D eigenvalue weighted by molar-refractivity contribution is 0.419. The predicted molar refractivity (Wildman–Crippen MR) is 72.7 cm³/mol. The number of hydrogen-bond donors (Lipinski definition) is 1. The highest BCUT2D eigenvalue weighted by atomic mass is 16.5. The second-order valence-corrected chi connectivity index (χ2v) is 5.24. The Morgan fingerprint density at radius 1 is 1.39 bits per heavy atom. The van der Waals surface area contributed by atoms with Crippen molar-refractivity contribution in [1.82, 2.24) is 9.55 Å². The van der Waals surface area contributed by atoms with Gasteiger partial charge in [-0.2, -0.15) is 0 Å². The molecule has 4 heteroatoms. The molecule has 0 aliphatic heterocycles. The minimum Gasteiger partial charge on any atom is -0.494 e. The summed E-state index contributed by atoms with van der Waals surface area (Å²) < 4.78 is 7.53. The van der Waals surface area contributed by atoms with Gasteiger partial charge in [-0.1, -0.05) is 13.0 Å². The Morgan fingerprint density at radius 2 is 2.22 bits per heavy atom. The third-order valence-corrected chi connectivity index (χ3v) is 3.96. The lowest BCUT2D eigenvalue weighted by atomic mass is 10.1. The lowest BCUT2D eigenvalue weighted by Crippen LogP contribution is -2.08. The minimum absolute atomic E-state index is 0.483.